The van der Waals surface area contributed by atoms with Gasteiger partial charge in [0.1, 0.15) is 6.29 Å². The van der Waals surface area contributed by atoms with Crippen LogP contribution in [0.25, 0.3) is 0 Å². The molecular weight excluding hydrogens is 318 g/mol. The highest BCUT2D eigenvalue weighted by atomic mass is 16.1. The third-order valence-corrected chi connectivity index (χ3v) is 7.44. The van der Waals surface area contributed by atoms with Gasteiger partial charge >= 0.3 is 0 Å². The van der Waals surface area contributed by atoms with Crippen LogP contribution in [0.4, 0.5) is 0 Å². The fourth-order valence-corrected chi connectivity index (χ4v) is 6.17. The lowest BCUT2D eigenvalue weighted by Crippen LogP contribution is -2.46. The number of rotatable bonds is 5. The zero-order valence-corrected chi connectivity index (χ0v) is 17.2. The summed E-state index contributed by atoms with van der Waals surface area (Å²) in [7, 11) is 0. The Morgan fingerprint density at radius 3 is 2.77 bits per heavy atom. The van der Waals surface area contributed by atoms with Gasteiger partial charge in [-0.25, -0.2) is 0 Å². The van der Waals surface area contributed by atoms with Gasteiger partial charge < -0.3 is 4.79 Å². The molecule has 0 amide bonds. The van der Waals surface area contributed by atoms with Gasteiger partial charge in [0.25, 0.3) is 0 Å². The van der Waals surface area contributed by atoms with Gasteiger partial charge in [-0.2, -0.15) is 0 Å². The number of carbonyl (C=O) groups is 1. The van der Waals surface area contributed by atoms with E-state index >= 15 is 0 Å². The van der Waals surface area contributed by atoms with Crippen molar-refractivity contribution in [1.29, 1.82) is 0 Å². The Morgan fingerprint density at radius 1 is 1.31 bits per heavy atom. The van der Waals surface area contributed by atoms with Gasteiger partial charge in [0.2, 0.25) is 0 Å². The van der Waals surface area contributed by atoms with Crippen LogP contribution in [0.1, 0.15) is 78.6 Å². The van der Waals surface area contributed by atoms with E-state index in [1.165, 1.54) is 64.3 Å². The molecule has 0 aromatic rings. The SMILES string of the molecule is CCCC1(C)C2=CCCCC2(C#CCN2CCCC2)CCC1C(C)C=O. The molecule has 0 aromatic carbocycles. The molecule has 3 aliphatic rings. The van der Waals surface area contributed by atoms with Crippen molar-refractivity contribution in [2.45, 2.75) is 78.6 Å². The Morgan fingerprint density at radius 2 is 2.08 bits per heavy atom. The summed E-state index contributed by atoms with van der Waals surface area (Å²) >= 11 is 0. The van der Waals surface area contributed by atoms with Gasteiger partial charge in [0.15, 0.2) is 0 Å². The van der Waals surface area contributed by atoms with E-state index < -0.39 is 0 Å². The molecule has 0 spiro atoms. The molecule has 4 unspecified atom stereocenters. The number of hydrogen-bond donors (Lipinski definition) is 0. The van der Waals surface area contributed by atoms with E-state index in [4.69, 9.17) is 0 Å². The lowest BCUT2D eigenvalue weighted by Gasteiger charge is -2.54. The van der Waals surface area contributed by atoms with Crippen LogP contribution in [-0.2, 0) is 4.79 Å². The van der Waals surface area contributed by atoms with Crippen LogP contribution < -0.4 is 0 Å². The van der Waals surface area contributed by atoms with Crippen LogP contribution in [0.3, 0.4) is 0 Å². The predicted molar refractivity (Wildman–Crippen MR) is 109 cm³/mol. The van der Waals surface area contributed by atoms with Gasteiger partial charge in [0, 0.05) is 5.92 Å². The second kappa shape index (κ2) is 8.30. The van der Waals surface area contributed by atoms with E-state index in [1.807, 2.05) is 0 Å². The average molecular weight is 356 g/mol. The second-order valence-electron chi connectivity index (χ2n) is 9.19. The van der Waals surface area contributed by atoms with Crippen molar-refractivity contribution in [2.24, 2.45) is 22.7 Å². The highest BCUT2D eigenvalue weighted by Crippen LogP contribution is 2.60. The minimum atomic E-state index is 0.0843. The van der Waals surface area contributed by atoms with E-state index in [0.717, 1.165) is 19.4 Å². The zero-order valence-electron chi connectivity index (χ0n) is 17.2. The Kier molecular flexibility index (Phi) is 6.29. The smallest absolute Gasteiger partial charge is 0.123 e. The maximum Gasteiger partial charge on any atom is 0.123 e. The first-order valence-corrected chi connectivity index (χ1v) is 10.9. The molecule has 26 heavy (non-hydrogen) atoms. The van der Waals surface area contributed by atoms with Crippen molar-refractivity contribution < 1.29 is 4.79 Å². The molecule has 1 aliphatic heterocycles. The molecule has 2 heteroatoms. The highest BCUT2D eigenvalue weighted by molar-refractivity contribution is 5.54. The van der Waals surface area contributed by atoms with E-state index in [0.29, 0.717) is 5.92 Å². The van der Waals surface area contributed by atoms with Crippen LogP contribution in [-0.4, -0.2) is 30.8 Å². The quantitative estimate of drug-likeness (QED) is 0.382. The topological polar surface area (TPSA) is 20.3 Å². The fourth-order valence-electron chi connectivity index (χ4n) is 6.17. The molecule has 3 rings (SSSR count). The van der Waals surface area contributed by atoms with Crippen molar-refractivity contribution in [3.63, 3.8) is 0 Å². The molecular formula is C24H37NO. The lowest BCUT2D eigenvalue weighted by atomic mass is 9.49. The Bertz CT molecular complexity index is 591. The van der Waals surface area contributed by atoms with Gasteiger partial charge in [-0.15, -0.1) is 0 Å². The second-order valence-corrected chi connectivity index (χ2v) is 9.19. The minimum Gasteiger partial charge on any atom is -0.303 e. The number of nitrogens with zero attached hydrogens (tertiary/aromatic N) is 1. The van der Waals surface area contributed by atoms with Crippen LogP contribution >= 0.6 is 0 Å². The summed E-state index contributed by atoms with van der Waals surface area (Å²) < 4.78 is 0. The molecule has 4 atom stereocenters. The van der Waals surface area contributed by atoms with E-state index in [2.05, 4.69) is 43.6 Å². The van der Waals surface area contributed by atoms with Gasteiger partial charge in [-0.1, -0.05) is 45.1 Å². The molecule has 0 radical (unpaired) electrons. The van der Waals surface area contributed by atoms with Crippen molar-refractivity contribution in [3.8, 4) is 11.8 Å². The van der Waals surface area contributed by atoms with Crippen LogP contribution in [0, 0.1) is 34.5 Å². The van der Waals surface area contributed by atoms with Crippen molar-refractivity contribution in [2.75, 3.05) is 19.6 Å². The number of likely N-dealkylation sites (tertiary alicyclic amines) is 1. The zero-order chi connectivity index (χ0) is 18.6. The molecule has 0 aromatic heterocycles. The third kappa shape index (κ3) is 3.65. The van der Waals surface area contributed by atoms with Crippen LogP contribution in [0.2, 0.25) is 0 Å². The molecule has 1 heterocycles. The number of fused-ring (bicyclic) bond motifs is 1. The number of allylic oxidation sites excluding steroid dienone is 2. The van der Waals surface area contributed by atoms with Gasteiger partial charge in [0.05, 0.1) is 12.0 Å². The maximum atomic E-state index is 11.6. The standard InChI is InChI=1S/C24H37NO/c1-4-12-23(3)21(20(2)19-26)11-15-24(13-6-5-10-22(23)24)14-9-18-25-16-7-8-17-25/h10,19-21H,4-8,11-13,15-18H2,1-3H3. The molecule has 2 aliphatic carbocycles. The fraction of sp³-hybridized carbons (Fsp3) is 0.792. The minimum absolute atomic E-state index is 0.0843. The van der Waals surface area contributed by atoms with Crippen molar-refractivity contribution in [1.82, 2.24) is 4.90 Å². The monoisotopic (exact) mass is 355 g/mol. The third-order valence-electron chi connectivity index (χ3n) is 7.44. The molecule has 144 valence electrons. The van der Waals surface area contributed by atoms with Gasteiger partial charge in [-0.3, -0.25) is 4.90 Å². The first-order valence-electron chi connectivity index (χ1n) is 10.9. The summed E-state index contributed by atoms with van der Waals surface area (Å²) in [4.78, 5) is 14.1. The summed E-state index contributed by atoms with van der Waals surface area (Å²) in [6, 6.07) is 0. The number of aldehydes is 1. The van der Waals surface area contributed by atoms with E-state index in [9.17, 15) is 4.79 Å². The van der Waals surface area contributed by atoms with E-state index in [1.54, 1.807) is 5.57 Å². The highest BCUT2D eigenvalue weighted by Gasteiger charge is 2.52. The summed E-state index contributed by atoms with van der Waals surface area (Å²) in [5.41, 5.74) is 1.81. The van der Waals surface area contributed by atoms with Crippen LogP contribution in [0.5, 0.6) is 0 Å². The largest absolute Gasteiger partial charge is 0.303 e. The number of hydrogen-bond acceptors (Lipinski definition) is 2. The van der Waals surface area contributed by atoms with Crippen molar-refractivity contribution >= 4 is 6.29 Å². The molecule has 1 saturated carbocycles. The van der Waals surface area contributed by atoms with Gasteiger partial charge in [-0.05, 0) is 81.4 Å². The first kappa shape index (κ1) is 19.7. The molecule has 1 saturated heterocycles. The Labute approximate surface area is 160 Å². The lowest BCUT2D eigenvalue weighted by molar-refractivity contribution is -0.114. The summed E-state index contributed by atoms with van der Waals surface area (Å²) in [5.74, 6) is 8.01. The Balaban J connectivity index is 1.90. The van der Waals surface area contributed by atoms with Crippen molar-refractivity contribution in [3.05, 3.63) is 11.6 Å². The first-order chi connectivity index (χ1) is 12.6. The summed E-state index contributed by atoms with van der Waals surface area (Å²) in [5, 5.41) is 0. The maximum absolute atomic E-state index is 11.6. The predicted octanol–water partition coefficient (Wildman–Crippen LogP) is 5.23. The van der Waals surface area contributed by atoms with Crippen LogP contribution in [0.15, 0.2) is 11.6 Å². The van der Waals surface area contributed by atoms with E-state index in [-0.39, 0.29) is 16.7 Å². The molecule has 2 fully saturated rings. The number of carbonyl (C=O) groups excluding carboxylic acids is 1. The normalized spacial score (nSPS) is 35.8. The summed E-state index contributed by atoms with van der Waals surface area (Å²) in [6.07, 6.45) is 14.7. The molecule has 2 nitrogen and oxygen atoms in total. The molecule has 0 N–H and O–H groups in total. The Hall–Kier alpha value is -1.07. The average Bonchev–Trinajstić information content (AvgIpc) is 3.15. The summed E-state index contributed by atoms with van der Waals surface area (Å²) in [6.45, 7) is 10.2. The molecule has 0 bridgehead atoms.